The fourth-order valence-electron chi connectivity index (χ4n) is 2.53. The molecule has 1 spiro atoms. The molecule has 1 saturated heterocycles. The highest BCUT2D eigenvalue weighted by Crippen LogP contribution is 2.47. The highest BCUT2D eigenvalue weighted by atomic mass is 16.6. The Hall–Kier alpha value is -0.480. The van der Waals surface area contributed by atoms with Gasteiger partial charge in [-0.3, -0.25) is 0 Å². The van der Waals surface area contributed by atoms with E-state index in [0.717, 1.165) is 18.9 Å². The summed E-state index contributed by atoms with van der Waals surface area (Å²) in [5.74, 6) is 6.93. The van der Waals surface area contributed by atoms with Crippen LogP contribution >= 0.6 is 0 Å². The maximum absolute atomic E-state index is 5.63. The molecule has 13 heavy (non-hydrogen) atoms. The molecule has 2 atom stereocenters. The highest BCUT2D eigenvalue weighted by molar-refractivity contribution is 5.03. The lowest BCUT2D eigenvalue weighted by atomic mass is 9.77. The molecule has 72 valence electrons. The van der Waals surface area contributed by atoms with Crippen LogP contribution in [0.25, 0.3) is 0 Å². The maximum Gasteiger partial charge on any atom is 0.0944 e. The van der Waals surface area contributed by atoms with Crippen LogP contribution in [0.15, 0.2) is 0 Å². The summed E-state index contributed by atoms with van der Waals surface area (Å²) in [6.45, 7) is 2.95. The molecule has 1 heteroatoms. The fraction of sp³-hybridized carbons (Fsp3) is 0.833. The molecule has 0 radical (unpaired) electrons. The minimum atomic E-state index is 0.327. The zero-order valence-electron chi connectivity index (χ0n) is 8.44. The number of epoxide rings is 1. The second-order valence-corrected chi connectivity index (χ2v) is 4.26. The monoisotopic (exact) mass is 178 g/mol. The van der Waals surface area contributed by atoms with E-state index in [1.54, 1.807) is 0 Å². The predicted octanol–water partition coefficient (Wildman–Crippen LogP) is 2.75. The van der Waals surface area contributed by atoms with E-state index in [2.05, 4.69) is 11.8 Å². The van der Waals surface area contributed by atoms with Gasteiger partial charge in [-0.15, -0.1) is 11.8 Å². The Kier molecular flexibility index (Phi) is 2.60. The molecule has 1 nitrogen and oxygen atoms in total. The second-order valence-electron chi connectivity index (χ2n) is 4.26. The van der Waals surface area contributed by atoms with Gasteiger partial charge in [0, 0.05) is 6.42 Å². The highest BCUT2D eigenvalue weighted by Gasteiger charge is 2.51. The van der Waals surface area contributed by atoms with E-state index in [4.69, 9.17) is 4.74 Å². The molecule has 2 fully saturated rings. The lowest BCUT2D eigenvalue weighted by Crippen LogP contribution is -2.28. The van der Waals surface area contributed by atoms with E-state index in [0.29, 0.717) is 5.60 Å². The van der Waals surface area contributed by atoms with E-state index < -0.39 is 0 Å². The summed E-state index contributed by atoms with van der Waals surface area (Å²) in [5, 5.41) is 0. The van der Waals surface area contributed by atoms with Crippen LogP contribution in [0.4, 0.5) is 0 Å². The van der Waals surface area contributed by atoms with Crippen LogP contribution in [-0.2, 0) is 4.74 Å². The van der Waals surface area contributed by atoms with Gasteiger partial charge in [-0.1, -0.05) is 12.8 Å². The zero-order valence-corrected chi connectivity index (χ0v) is 8.44. The van der Waals surface area contributed by atoms with Gasteiger partial charge in [0.15, 0.2) is 0 Å². The summed E-state index contributed by atoms with van der Waals surface area (Å²) >= 11 is 0. The van der Waals surface area contributed by atoms with Crippen LogP contribution in [0.5, 0.6) is 0 Å². The summed E-state index contributed by atoms with van der Waals surface area (Å²) in [7, 11) is 0. The fourth-order valence-corrected chi connectivity index (χ4v) is 2.53. The normalized spacial score (nSPS) is 36.8. The van der Waals surface area contributed by atoms with Crippen molar-refractivity contribution in [1.82, 2.24) is 0 Å². The van der Waals surface area contributed by atoms with Crippen LogP contribution in [0.1, 0.15) is 45.4 Å². The van der Waals surface area contributed by atoms with Gasteiger partial charge in [0.2, 0.25) is 0 Å². The summed E-state index contributed by atoms with van der Waals surface area (Å²) in [6, 6.07) is 0. The average Bonchev–Trinajstić information content (AvgIpc) is 2.90. The lowest BCUT2D eigenvalue weighted by Gasteiger charge is -2.28. The van der Waals surface area contributed by atoms with Crippen molar-refractivity contribution in [3.05, 3.63) is 0 Å². The number of rotatable bonds is 2. The molecule has 0 bridgehead atoms. The Bertz CT molecular complexity index is 229. The third-order valence-corrected chi connectivity index (χ3v) is 3.46. The molecule has 0 aromatic heterocycles. The van der Waals surface area contributed by atoms with E-state index in [9.17, 15) is 0 Å². The second kappa shape index (κ2) is 3.72. The first-order valence-electron chi connectivity index (χ1n) is 5.41. The minimum absolute atomic E-state index is 0.327. The van der Waals surface area contributed by atoms with Gasteiger partial charge >= 0.3 is 0 Å². The molecule has 0 N–H and O–H groups in total. The third-order valence-electron chi connectivity index (χ3n) is 3.46. The third kappa shape index (κ3) is 1.89. The topological polar surface area (TPSA) is 12.5 Å². The van der Waals surface area contributed by atoms with Gasteiger partial charge in [0.1, 0.15) is 0 Å². The molecule has 2 rings (SSSR count). The molecule has 0 aromatic carbocycles. The van der Waals surface area contributed by atoms with Gasteiger partial charge in [-0.05, 0) is 32.1 Å². The molecule has 0 aromatic rings. The molecule has 0 amide bonds. The van der Waals surface area contributed by atoms with Crippen molar-refractivity contribution in [3.63, 3.8) is 0 Å². The zero-order chi connectivity index (χ0) is 9.15. The molecule has 1 heterocycles. The van der Waals surface area contributed by atoms with Gasteiger partial charge in [0.05, 0.1) is 12.2 Å². The lowest BCUT2D eigenvalue weighted by molar-refractivity contribution is 0.152. The summed E-state index contributed by atoms with van der Waals surface area (Å²) < 4.78 is 5.63. The number of ether oxygens (including phenoxy) is 1. The van der Waals surface area contributed by atoms with E-state index >= 15 is 0 Å². The Morgan fingerprint density at radius 1 is 1.46 bits per heavy atom. The van der Waals surface area contributed by atoms with Crippen molar-refractivity contribution < 1.29 is 4.74 Å². The molecular formula is C12H18O. The van der Waals surface area contributed by atoms with Crippen molar-refractivity contribution in [2.75, 3.05) is 6.61 Å². The predicted molar refractivity (Wildman–Crippen MR) is 53.3 cm³/mol. The maximum atomic E-state index is 5.63. The Labute approximate surface area is 80.9 Å². The van der Waals surface area contributed by atoms with Crippen LogP contribution in [-0.4, -0.2) is 12.2 Å². The molecule has 1 aliphatic heterocycles. The van der Waals surface area contributed by atoms with E-state index in [1.807, 2.05) is 6.92 Å². The summed E-state index contributed by atoms with van der Waals surface area (Å²) in [4.78, 5) is 0. The quantitative estimate of drug-likeness (QED) is 0.468. The molecule has 2 unspecified atom stereocenters. The Morgan fingerprint density at radius 2 is 2.31 bits per heavy atom. The van der Waals surface area contributed by atoms with Gasteiger partial charge in [-0.2, -0.15) is 0 Å². The van der Waals surface area contributed by atoms with Gasteiger partial charge in [-0.25, -0.2) is 0 Å². The smallest absolute Gasteiger partial charge is 0.0944 e. The van der Waals surface area contributed by atoms with Gasteiger partial charge < -0.3 is 4.74 Å². The minimum Gasteiger partial charge on any atom is -0.369 e. The van der Waals surface area contributed by atoms with E-state index in [-0.39, 0.29) is 0 Å². The first kappa shape index (κ1) is 9.09. The van der Waals surface area contributed by atoms with Crippen LogP contribution in [0.2, 0.25) is 0 Å². The summed E-state index contributed by atoms with van der Waals surface area (Å²) in [6.07, 6.45) is 7.75. The summed E-state index contributed by atoms with van der Waals surface area (Å²) in [5.41, 5.74) is 0.327. The molecular weight excluding hydrogens is 160 g/mol. The van der Waals surface area contributed by atoms with Crippen LogP contribution < -0.4 is 0 Å². The average molecular weight is 178 g/mol. The van der Waals surface area contributed by atoms with Crippen molar-refractivity contribution in [3.8, 4) is 11.8 Å². The SMILES string of the molecule is CC#CCCC1CCCCC12CO2. The van der Waals surface area contributed by atoms with Crippen LogP contribution in [0, 0.1) is 17.8 Å². The van der Waals surface area contributed by atoms with Gasteiger partial charge in [0.25, 0.3) is 0 Å². The molecule has 1 aliphatic carbocycles. The Balaban J connectivity index is 1.84. The first-order chi connectivity index (χ1) is 6.37. The standard InChI is InChI=1S/C12H18O/c1-2-3-4-7-11-8-5-6-9-12(11)10-13-12/h11H,4-10H2,1H3. The van der Waals surface area contributed by atoms with Crippen molar-refractivity contribution in [1.29, 1.82) is 0 Å². The van der Waals surface area contributed by atoms with E-state index in [1.165, 1.54) is 32.1 Å². The number of hydrogen-bond acceptors (Lipinski definition) is 1. The van der Waals surface area contributed by atoms with Crippen molar-refractivity contribution >= 4 is 0 Å². The largest absolute Gasteiger partial charge is 0.369 e. The van der Waals surface area contributed by atoms with Crippen LogP contribution in [0.3, 0.4) is 0 Å². The first-order valence-corrected chi connectivity index (χ1v) is 5.41. The number of hydrogen-bond donors (Lipinski definition) is 0. The molecule has 1 saturated carbocycles. The van der Waals surface area contributed by atoms with Crippen molar-refractivity contribution in [2.45, 2.75) is 51.0 Å². The van der Waals surface area contributed by atoms with Crippen molar-refractivity contribution in [2.24, 2.45) is 5.92 Å². The Morgan fingerprint density at radius 3 is 3.00 bits per heavy atom. The molecule has 2 aliphatic rings.